The predicted octanol–water partition coefficient (Wildman–Crippen LogP) is 4.69. The van der Waals surface area contributed by atoms with E-state index in [1.165, 1.54) is 17.5 Å². The van der Waals surface area contributed by atoms with Gasteiger partial charge < -0.3 is 5.11 Å². The molecule has 0 aromatic heterocycles. The number of rotatable bonds is 4. The third kappa shape index (κ3) is 2.20. The molecule has 2 fully saturated rings. The van der Waals surface area contributed by atoms with E-state index in [0.29, 0.717) is 11.8 Å². The summed E-state index contributed by atoms with van der Waals surface area (Å²) in [5, 5.41) is 10.8. The molecule has 1 aliphatic heterocycles. The molecule has 1 saturated heterocycles. The van der Waals surface area contributed by atoms with Crippen LogP contribution in [0.15, 0.2) is 48.5 Å². The highest BCUT2D eigenvalue weighted by atomic mass is 16.3. The maximum absolute atomic E-state index is 10.8. The zero-order valence-corrected chi connectivity index (χ0v) is 14.9. The molecule has 126 valence electrons. The first-order chi connectivity index (χ1) is 11.6. The van der Waals surface area contributed by atoms with Gasteiger partial charge in [-0.05, 0) is 50.2 Å². The van der Waals surface area contributed by atoms with Crippen molar-refractivity contribution in [3.63, 3.8) is 0 Å². The summed E-state index contributed by atoms with van der Waals surface area (Å²) in [5.41, 5.74) is 3.31. The normalized spacial score (nSPS) is 28.4. The number of hydrogen-bond donors (Lipinski definition) is 1. The first-order valence-electron chi connectivity index (χ1n) is 9.20. The summed E-state index contributed by atoms with van der Waals surface area (Å²) < 4.78 is 0. The number of aryl methyl sites for hydroxylation is 1. The van der Waals surface area contributed by atoms with Crippen molar-refractivity contribution in [2.75, 3.05) is 6.54 Å². The van der Waals surface area contributed by atoms with Crippen LogP contribution in [-0.2, 0) is 5.54 Å². The Hall–Kier alpha value is -1.80. The number of hydrogen-bond acceptors (Lipinski definition) is 2. The van der Waals surface area contributed by atoms with Gasteiger partial charge in [0, 0.05) is 18.2 Å². The lowest BCUT2D eigenvalue weighted by molar-refractivity contribution is 0.0880. The number of likely N-dealkylation sites (tertiary alicyclic amines) is 1. The monoisotopic (exact) mass is 321 g/mol. The SMILES string of the molecule is CCC(c1ccccc1)(c1cc(C)ccc1O)N1CC2CC2C1C. The van der Waals surface area contributed by atoms with Crippen LogP contribution < -0.4 is 0 Å². The topological polar surface area (TPSA) is 23.5 Å². The molecule has 1 aliphatic carbocycles. The second kappa shape index (κ2) is 5.63. The second-order valence-electron chi connectivity index (χ2n) is 7.65. The quantitative estimate of drug-likeness (QED) is 0.882. The van der Waals surface area contributed by atoms with Crippen LogP contribution in [-0.4, -0.2) is 22.6 Å². The lowest BCUT2D eigenvalue weighted by Gasteiger charge is -2.46. The average Bonchev–Trinajstić information content (AvgIpc) is 3.31. The summed E-state index contributed by atoms with van der Waals surface area (Å²) in [6, 6.07) is 17.4. The van der Waals surface area contributed by atoms with Gasteiger partial charge in [-0.1, -0.05) is 55.0 Å². The maximum Gasteiger partial charge on any atom is 0.121 e. The van der Waals surface area contributed by atoms with Gasteiger partial charge in [-0.2, -0.15) is 0 Å². The van der Waals surface area contributed by atoms with Crippen LogP contribution in [0.25, 0.3) is 0 Å². The van der Waals surface area contributed by atoms with Gasteiger partial charge in [-0.25, -0.2) is 0 Å². The zero-order valence-electron chi connectivity index (χ0n) is 14.9. The van der Waals surface area contributed by atoms with Gasteiger partial charge in [-0.3, -0.25) is 4.90 Å². The van der Waals surface area contributed by atoms with E-state index in [1.807, 2.05) is 12.1 Å². The van der Waals surface area contributed by atoms with Crippen LogP contribution in [0.1, 0.15) is 43.4 Å². The van der Waals surface area contributed by atoms with E-state index in [-0.39, 0.29) is 5.54 Å². The maximum atomic E-state index is 10.8. The summed E-state index contributed by atoms with van der Waals surface area (Å²) in [6.07, 6.45) is 2.34. The first-order valence-corrected chi connectivity index (χ1v) is 9.20. The Balaban J connectivity index is 1.93. The Labute approximate surface area is 145 Å². The molecular formula is C22H27NO. The fourth-order valence-corrected chi connectivity index (χ4v) is 4.99. The summed E-state index contributed by atoms with van der Waals surface area (Å²) >= 11 is 0. The van der Waals surface area contributed by atoms with Crippen LogP contribution in [0.4, 0.5) is 0 Å². The molecule has 0 spiro atoms. The minimum atomic E-state index is -0.246. The van der Waals surface area contributed by atoms with E-state index in [0.717, 1.165) is 30.4 Å². The third-order valence-corrected chi connectivity index (χ3v) is 6.37. The molecule has 0 radical (unpaired) electrons. The standard InChI is InChI=1S/C22H27NO/c1-4-22(18-8-6-5-7-9-18,20-12-15(2)10-11-21(20)24)23-14-17-13-19(17)16(23)3/h5-12,16-17,19,24H,4,13-14H2,1-3H3. The largest absolute Gasteiger partial charge is 0.508 e. The Morgan fingerprint density at radius 2 is 1.92 bits per heavy atom. The third-order valence-electron chi connectivity index (χ3n) is 6.37. The van der Waals surface area contributed by atoms with Crippen molar-refractivity contribution in [3.8, 4) is 5.75 Å². The molecule has 1 saturated carbocycles. The minimum absolute atomic E-state index is 0.246. The minimum Gasteiger partial charge on any atom is -0.508 e. The molecule has 4 atom stereocenters. The van der Waals surface area contributed by atoms with E-state index in [2.05, 4.69) is 62.1 Å². The Morgan fingerprint density at radius 3 is 2.54 bits per heavy atom. The molecule has 4 unspecified atom stereocenters. The van der Waals surface area contributed by atoms with Crippen molar-refractivity contribution in [2.45, 2.75) is 45.2 Å². The lowest BCUT2D eigenvalue weighted by atomic mass is 9.77. The van der Waals surface area contributed by atoms with Crippen LogP contribution in [0.3, 0.4) is 0 Å². The number of fused-ring (bicyclic) bond motifs is 1. The number of piperidine rings is 1. The summed E-state index contributed by atoms with van der Waals surface area (Å²) in [6.45, 7) is 7.88. The van der Waals surface area contributed by atoms with Gasteiger partial charge in [0.05, 0.1) is 5.54 Å². The molecule has 0 bridgehead atoms. The van der Waals surface area contributed by atoms with Crippen molar-refractivity contribution < 1.29 is 5.11 Å². The highest BCUT2D eigenvalue weighted by Crippen LogP contribution is 2.56. The number of benzene rings is 2. The van der Waals surface area contributed by atoms with Crippen molar-refractivity contribution in [1.29, 1.82) is 0 Å². The fraction of sp³-hybridized carbons (Fsp3) is 0.455. The van der Waals surface area contributed by atoms with Crippen LogP contribution in [0, 0.1) is 18.8 Å². The molecule has 1 heterocycles. The summed E-state index contributed by atoms with van der Waals surface area (Å²) in [4.78, 5) is 2.66. The van der Waals surface area contributed by atoms with Crippen molar-refractivity contribution in [1.82, 2.24) is 4.90 Å². The fourth-order valence-electron chi connectivity index (χ4n) is 4.99. The molecule has 2 aromatic rings. The zero-order chi connectivity index (χ0) is 16.9. The van der Waals surface area contributed by atoms with Crippen molar-refractivity contribution in [3.05, 3.63) is 65.2 Å². The van der Waals surface area contributed by atoms with Gasteiger partial charge in [0.25, 0.3) is 0 Å². The van der Waals surface area contributed by atoms with E-state index in [1.54, 1.807) is 0 Å². The Morgan fingerprint density at radius 1 is 1.17 bits per heavy atom. The summed E-state index contributed by atoms with van der Waals surface area (Å²) in [5.74, 6) is 2.10. The molecule has 0 amide bonds. The molecule has 2 heteroatoms. The van der Waals surface area contributed by atoms with Gasteiger partial charge in [-0.15, -0.1) is 0 Å². The average molecular weight is 321 g/mol. The van der Waals surface area contributed by atoms with Crippen molar-refractivity contribution in [2.24, 2.45) is 11.8 Å². The van der Waals surface area contributed by atoms with E-state index in [4.69, 9.17) is 0 Å². The number of phenols is 1. The van der Waals surface area contributed by atoms with E-state index >= 15 is 0 Å². The van der Waals surface area contributed by atoms with Gasteiger partial charge in [0.1, 0.15) is 5.75 Å². The molecule has 1 N–H and O–H groups in total. The molecule has 4 rings (SSSR count). The first kappa shape index (κ1) is 15.7. The lowest BCUT2D eigenvalue weighted by Crippen LogP contribution is -2.50. The van der Waals surface area contributed by atoms with Gasteiger partial charge in [0.15, 0.2) is 0 Å². The highest BCUT2D eigenvalue weighted by Gasteiger charge is 2.56. The number of aromatic hydroxyl groups is 1. The molecule has 2 aliphatic rings. The molecular weight excluding hydrogens is 294 g/mol. The highest BCUT2D eigenvalue weighted by molar-refractivity contribution is 5.48. The number of nitrogens with zero attached hydrogens (tertiary/aromatic N) is 1. The Bertz CT molecular complexity index is 741. The predicted molar refractivity (Wildman–Crippen MR) is 98.1 cm³/mol. The second-order valence-corrected chi connectivity index (χ2v) is 7.65. The van der Waals surface area contributed by atoms with Crippen LogP contribution >= 0.6 is 0 Å². The smallest absolute Gasteiger partial charge is 0.121 e. The molecule has 2 aromatic carbocycles. The molecule has 24 heavy (non-hydrogen) atoms. The summed E-state index contributed by atoms with van der Waals surface area (Å²) in [7, 11) is 0. The van der Waals surface area contributed by atoms with Crippen molar-refractivity contribution >= 4 is 0 Å². The Kier molecular flexibility index (Phi) is 3.69. The van der Waals surface area contributed by atoms with Crippen LogP contribution in [0.2, 0.25) is 0 Å². The van der Waals surface area contributed by atoms with E-state index in [9.17, 15) is 5.11 Å². The molecule has 2 nitrogen and oxygen atoms in total. The van der Waals surface area contributed by atoms with E-state index < -0.39 is 0 Å². The van der Waals surface area contributed by atoms with Gasteiger partial charge >= 0.3 is 0 Å². The van der Waals surface area contributed by atoms with Crippen LogP contribution in [0.5, 0.6) is 5.75 Å². The number of phenolic OH excluding ortho intramolecular Hbond substituents is 1. The van der Waals surface area contributed by atoms with Gasteiger partial charge in [0.2, 0.25) is 0 Å².